The second kappa shape index (κ2) is 7.24. The first-order valence-corrected chi connectivity index (χ1v) is 8.57. The SMILES string of the molecule is COc1cc(C)cc(CC(C)(C)NCCCS(=O)(=O)O)c1. The summed E-state index contributed by atoms with van der Waals surface area (Å²) in [5.41, 5.74) is 2.14. The molecule has 0 aliphatic heterocycles. The maximum absolute atomic E-state index is 10.7. The van der Waals surface area contributed by atoms with E-state index < -0.39 is 10.1 Å². The number of hydrogen-bond donors (Lipinski definition) is 2. The molecule has 0 bridgehead atoms. The van der Waals surface area contributed by atoms with Crippen molar-refractivity contribution < 1.29 is 17.7 Å². The summed E-state index contributed by atoms with van der Waals surface area (Å²) in [6.07, 6.45) is 1.19. The zero-order chi connectivity index (χ0) is 16.1. The van der Waals surface area contributed by atoms with Gasteiger partial charge in [-0.05, 0) is 63.4 Å². The summed E-state index contributed by atoms with van der Waals surface area (Å²) in [6, 6.07) is 6.11. The zero-order valence-electron chi connectivity index (χ0n) is 13.1. The first-order valence-electron chi connectivity index (χ1n) is 6.96. The number of aryl methyl sites for hydroxylation is 1. The number of nitrogens with one attached hydrogen (secondary N) is 1. The van der Waals surface area contributed by atoms with Crippen LogP contribution in [0, 0.1) is 6.92 Å². The van der Waals surface area contributed by atoms with E-state index in [1.165, 1.54) is 5.56 Å². The van der Waals surface area contributed by atoms with Gasteiger partial charge in [-0.15, -0.1) is 0 Å². The molecule has 0 amide bonds. The number of ether oxygens (including phenoxy) is 1. The van der Waals surface area contributed by atoms with E-state index in [4.69, 9.17) is 9.29 Å². The summed E-state index contributed by atoms with van der Waals surface area (Å²) in [5.74, 6) is 0.626. The van der Waals surface area contributed by atoms with Gasteiger partial charge in [-0.2, -0.15) is 8.42 Å². The smallest absolute Gasteiger partial charge is 0.264 e. The van der Waals surface area contributed by atoms with E-state index >= 15 is 0 Å². The summed E-state index contributed by atoms with van der Waals surface area (Å²) in [6.45, 7) is 6.69. The third-order valence-corrected chi connectivity index (χ3v) is 3.98. The fraction of sp³-hybridized carbons (Fsp3) is 0.600. The van der Waals surface area contributed by atoms with Crippen LogP contribution in [0.4, 0.5) is 0 Å². The molecule has 0 aliphatic carbocycles. The topological polar surface area (TPSA) is 75.6 Å². The van der Waals surface area contributed by atoms with E-state index in [0.717, 1.165) is 17.7 Å². The second-order valence-corrected chi connectivity index (χ2v) is 7.56. The monoisotopic (exact) mass is 315 g/mol. The Morgan fingerprint density at radius 3 is 2.52 bits per heavy atom. The highest BCUT2D eigenvalue weighted by Gasteiger charge is 2.18. The zero-order valence-corrected chi connectivity index (χ0v) is 14.0. The molecule has 0 saturated carbocycles. The molecule has 5 nitrogen and oxygen atoms in total. The van der Waals surface area contributed by atoms with Crippen LogP contribution in [-0.4, -0.2) is 37.9 Å². The standard InChI is InChI=1S/C15H25NO4S/c1-12-8-13(10-14(9-12)20-4)11-15(2,3)16-6-5-7-21(17,18)19/h8-10,16H,5-7,11H2,1-4H3,(H,17,18,19). The Balaban J connectivity index is 2.57. The molecule has 0 fully saturated rings. The molecule has 0 unspecified atom stereocenters. The lowest BCUT2D eigenvalue weighted by molar-refractivity contribution is 0.383. The summed E-state index contributed by atoms with van der Waals surface area (Å²) in [4.78, 5) is 0. The predicted octanol–water partition coefficient (Wildman–Crippen LogP) is 2.19. The van der Waals surface area contributed by atoms with Crippen LogP contribution in [0.1, 0.15) is 31.4 Å². The number of rotatable bonds is 8. The molecule has 21 heavy (non-hydrogen) atoms. The quantitative estimate of drug-likeness (QED) is 0.568. The lowest BCUT2D eigenvalue weighted by atomic mass is 9.94. The first kappa shape index (κ1) is 17.9. The lowest BCUT2D eigenvalue weighted by Crippen LogP contribution is -2.42. The maximum Gasteiger partial charge on any atom is 0.264 e. The highest BCUT2D eigenvalue weighted by Crippen LogP contribution is 2.20. The fourth-order valence-electron chi connectivity index (χ4n) is 2.30. The molecular formula is C15H25NO4S. The molecule has 0 heterocycles. The highest BCUT2D eigenvalue weighted by molar-refractivity contribution is 7.85. The summed E-state index contributed by atoms with van der Waals surface area (Å²) in [5, 5.41) is 3.32. The molecule has 120 valence electrons. The molecule has 6 heteroatoms. The first-order chi connectivity index (χ1) is 9.61. The third kappa shape index (κ3) is 7.45. The van der Waals surface area contributed by atoms with E-state index in [1.54, 1.807) is 7.11 Å². The Bertz CT molecular complexity index is 567. The highest BCUT2D eigenvalue weighted by atomic mass is 32.2. The van der Waals surface area contributed by atoms with Gasteiger partial charge in [-0.1, -0.05) is 6.07 Å². The second-order valence-electron chi connectivity index (χ2n) is 5.99. The molecule has 0 saturated heterocycles. The van der Waals surface area contributed by atoms with Gasteiger partial charge in [0, 0.05) is 5.54 Å². The molecule has 0 aromatic heterocycles. The summed E-state index contributed by atoms with van der Waals surface area (Å²) in [7, 11) is -2.22. The van der Waals surface area contributed by atoms with Crippen LogP contribution < -0.4 is 10.1 Å². The van der Waals surface area contributed by atoms with Crippen molar-refractivity contribution in [3.8, 4) is 5.75 Å². The molecule has 0 aliphatic rings. The van der Waals surface area contributed by atoms with E-state index in [1.807, 2.05) is 19.1 Å². The molecular weight excluding hydrogens is 290 g/mol. The summed E-state index contributed by atoms with van der Waals surface area (Å²) >= 11 is 0. The van der Waals surface area contributed by atoms with Gasteiger partial charge in [0.25, 0.3) is 10.1 Å². The minimum atomic E-state index is -3.87. The van der Waals surface area contributed by atoms with Crippen molar-refractivity contribution in [2.45, 2.75) is 39.2 Å². The van der Waals surface area contributed by atoms with Crippen LogP contribution >= 0.6 is 0 Å². The lowest BCUT2D eigenvalue weighted by Gasteiger charge is -2.27. The molecule has 1 aromatic carbocycles. The van der Waals surface area contributed by atoms with Gasteiger partial charge in [0.1, 0.15) is 5.75 Å². The summed E-state index contributed by atoms with van der Waals surface area (Å²) < 4.78 is 35.3. The number of methoxy groups -OCH3 is 1. The van der Waals surface area contributed by atoms with Crippen molar-refractivity contribution in [1.82, 2.24) is 5.32 Å². The molecule has 0 radical (unpaired) electrons. The molecule has 1 aromatic rings. The Labute approximate surface area is 127 Å². The van der Waals surface area contributed by atoms with Crippen molar-refractivity contribution >= 4 is 10.1 Å². The maximum atomic E-state index is 10.7. The normalized spacial score (nSPS) is 12.4. The van der Waals surface area contributed by atoms with Crippen molar-refractivity contribution in [3.63, 3.8) is 0 Å². The number of hydrogen-bond acceptors (Lipinski definition) is 4. The average molecular weight is 315 g/mol. The van der Waals surface area contributed by atoms with E-state index in [-0.39, 0.29) is 11.3 Å². The van der Waals surface area contributed by atoms with Crippen molar-refractivity contribution in [3.05, 3.63) is 29.3 Å². The van der Waals surface area contributed by atoms with Crippen LogP contribution in [0.5, 0.6) is 5.75 Å². The fourth-order valence-corrected chi connectivity index (χ4v) is 2.81. The van der Waals surface area contributed by atoms with Gasteiger partial charge in [0.05, 0.1) is 12.9 Å². The van der Waals surface area contributed by atoms with Gasteiger partial charge in [0.15, 0.2) is 0 Å². The van der Waals surface area contributed by atoms with Crippen molar-refractivity contribution in [1.29, 1.82) is 0 Å². The van der Waals surface area contributed by atoms with Crippen LogP contribution in [0.3, 0.4) is 0 Å². The largest absolute Gasteiger partial charge is 0.497 e. The Morgan fingerprint density at radius 1 is 1.29 bits per heavy atom. The Kier molecular flexibility index (Phi) is 6.19. The van der Waals surface area contributed by atoms with Crippen LogP contribution in [0.2, 0.25) is 0 Å². The van der Waals surface area contributed by atoms with Gasteiger partial charge >= 0.3 is 0 Å². The molecule has 1 rings (SSSR count). The molecule has 2 N–H and O–H groups in total. The van der Waals surface area contributed by atoms with Gasteiger partial charge in [-0.25, -0.2) is 0 Å². The van der Waals surface area contributed by atoms with E-state index in [2.05, 4.69) is 25.2 Å². The van der Waals surface area contributed by atoms with E-state index in [9.17, 15) is 8.42 Å². The minimum absolute atomic E-state index is 0.169. The van der Waals surface area contributed by atoms with Crippen molar-refractivity contribution in [2.24, 2.45) is 0 Å². The van der Waals surface area contributed by atoms with Gasteiger partial charge in [0.2, 0.25) is 0 Å². The predicted molar refractivity (Wildman–Crippen MR) is 84.5 cm³/mol. The molecule has 0 spiro atoms. The van der Waals surface area contributed by atoms with Crippen molar-refractivity contribution in [2.75, 3.05) is 19.4 Å². The Hall–Kier alpha value is -1.11. The van der Waals surface area contributed by atoms with Crippen LogP contribution in [0.15, 0.2) is 18.2 Å². The van der Waals surface area contributed by atoms with Gasteiger partial charge in [-0.3, -0.25) is 4.55 Å². The van der Waals surface area contributed by atoms with E-state index in [0.29, 0.717) is 13.0 Å². The minimum Gasteiger partial charge on any atom is -0.497 e. The molecule has 0 atom stereocenters. The van der Waals surface area contributed by atoms with Crippen LogP contribution in [0.25, 0.3) is 0 Å². The Morgan fingerprint density at radius 2 is 1.95 bits per heavy atom. The van der Waals surface area contributed by atoms with Crippen LogP contribution in [-0.2, 0) is 16.5 Å². The average Bonchev–Trinajstić information content (AvgIpc) is 2.32. The van der Waals surface area contributed by atoms with Gasteiger partial charge < -0.3 is 10.1 Å². The number of benzene rings is 1. The third-order valence-electron chi connectivity index (χ3n) is 3.18.